The van der Waals surface area contributed by atoms with Gasteiger partial charge in [-0.1, -0.05) is 11.8 Å². The van der Waals surface area contributed by atoms with Crippen LogP contribution < -0.4 is 4.72 Å². The Kier molecular flexibility index (Phi) is 4.99. The van der Waals surface area contributed by atoms with Gasteiger partial charge in [0.15, 0.2) is 0 Å². The number of hydrogen-bond donors (Lipinski definition) is 2. The van der Waals surface area contributed by atoms with Crippen LogP contribution in [0.25, 0.3) is 0 Å². The fraction of sp³-hybridized carbons (Fsp3) is 0.538. The maximum absolute atomic E-state index is 11.7. The molecule has 0 aliphatic heterocycles. The molecule has 0 atom stereocenters. The van der Waals surface area contributed by atoms with Crippen LogP contribution >= 0.6 is 11.3 Å². The molecule has 104 valence electrons. The molecule has 1 aromatic heterocycles. The van der Waals surface area contributed by atoms with Crippen molar-refractivity contribution in [3.05, 3.63) is 21.9 Å². The van der Waals surface area contributed by atoms with Crippen molar-refractivity contribution >= 4 is 21.4 Å². The molecule has 4 nitrogen and oxygen atoms in total. The van der Waals surface area contributed by atoms with E-state index in [4.69, 9.17) is 5.11 Å². The van der Waals surface area contributed by atoms with Crippen molar-refractivity contribution < 1.29 is 13.5 Å². The lowest BCUT2D eigenvalue weighted by molar-refractivity contribution is 0.305. The van der Waals surface area contributed by atoms with Gasteiger partial charge in [-0.3, -0.25) is 0 Å². The molecular weight excluding hydrogens is 282 g/mol. The van der Waals surface area contributed by atoms with Gasteiger partial charge in [-0.15, -0.1) is 11.3 Å². The number of aliphatic hydroxyl groups is 1. The first-order valence-corrected chi connectivity index (χ1v) is 8.72. The van der Waals surface area contributed by atoms with Gasteiger partial charge < -0.3 is 5.11 Å². The number of sulfonamides is 1. The molecule has 2 N–H and O–H groups in total. The zero-order valence-electron chi connectivity index (χ0n) is 10.6. The summed E-state index contributed by atoms with van der Waals surface area (Å²) in [7, 11) is -3.14. The molecular formula is C13H17NO3S2. The van der Waals surface area contributed by atoms with Crippen LogP contribution in [0.5, 0.6) is 0 Å². The van der Waals surface area contributed by atoms with Crippen LogP contribution in [0, 0.1) is 17.8 Å². The Hall–Kier alpha value is -0.870. The largest absolute Gasteiger partial charge is 0.395 e. The first kappa shape index (κ1) is 14.5. The van der Waals surface area contributed by atoms with Crippen LogP contribution in [-0.2, 0) is 16.6 Å². The minimum atomic E-state index is -3.14. The maximum atomic E-state index is 11.7. The summed E-state index contributed by atoms with van der Waals surface area (Å²) in [5.41, 5.74) is 0. The second kappa shape index (κ2) is 6.53. The van der Waals surface area contributed by atoms with E-state index >= 15 is 0 Å². The lowest BCUT2D eigenvalue weighted by Gasteiger charge is -2.03. The van der Waals surface area contributed by atoms with E-state index in [0.29, 0.717) is 18.9 Å². The fourth-order valence-electron chi connectivity index (χ4n) is 1.58. The summed E-state index contributed by atoms with van der Waals surface area (Å²) < 4.78 is 26.0. The number of aliphatic hydroxyl groups excluding tert-OH is 1. The Morgan fingerprint density at radius 1 is 1.42 bits per heavy atom. The normalized spacial score (nSPS) is 15.0. The molecule has 2 rings (SSSR count). The molecule has 0 saturated heterocycles. The molecule has 1 aliphatic rings. The molecule has 1 aromatic rings. The topological polar surface area (TPSA) is 66.4 Å². The highest BCUT2D eigenvalue weighted by Gasteiger charge is 2.27. The summed E-state index contributed by atoms with van der Waals surface area (Å²) in [4.78, 5) is 1.84. The van der Waals surface area contributed by atoms with Gasteiger partial charge in [0.25, 0.3) is 0 Å². The highest BCUT2D eigenvalue weighted by Crippen LogP contribution is 2.30. The van der Waals surface area contributed by atoms with E-state index in [-0.39, 0.29) is 12.4 Å². The summed E-state index contributed by atoms with van der Waals surface area (Å²) in [5, 5.41) is 8.62. The van der Waals surface area contributed by atoms with E-state index in [2.05, 4.69) is 16.6 Å². The summed E-state index contributed by atoms with van der Waals surface area (Å²) in [6, 6.07) is 3.76. The lowest BCUT2D eigenvalue weighted by atomic mass is 10.4. The third-order valence-electron chi connectivity index (χ3n) is 2.73. The summed E-state index contributed by atoms with van der Waals surface area (Å²) in [6.07, 6.45) is 2.52. The van der Waals surface area contributed by atoms with Crippen molar-refractivity contribution in [1.82, 2.24) is 4.72 Å². The molecule has 1 aliphatic carbocycles. The highest BCUT2D eigenvalue weighted by atomic mass is 32.2. The van der Waals surface area contributed by atoms with Crippen LogP contribution in [0.3, 0.4) is 0 Å². The van der Waals surface area contributed by atoms with E-state index in [1.165, 1.54) is 11.3 Å². The number of rotatable bonds is 6. The number of nitrogens with one attached hydrogen (secondary N) is 1. The Morgan fingerprint density at radius 2 is 2.21 bits per heavy atom. The van der Waals surface area contributed by atoms with Crippen LogP contribution in [0.2, 0.25) is 0 Å². The molecule has 1 fully saturated rings. The van der Waals surface area contributed by atoms with Crippen LogP contribution in [-0.4, -0.2) is 25.9 Å². The number of hydrogen-bond acceptors (Lipinski definition) is 4. The zero-order chi connectivity index (χ0) is 13.7. The Bertz CT molecular complexity index is 577. The quantitative estimate of drug-likeness (QED) is 0.778. The molecule has 0 unspecified atom stereocenters. The molecule has 1 saturated carbocycles. The highest BCUT2D eigenvalue weighted by molar-refractivity contribution is 7.89. The molecule has 6 heteroatoms. The van der Waals surface area contributed by atoms with Gasteiger partial charge in [0.05, 0.1) is 17.2 Å². The molecule has 0 aromatic carbocycles. The van der Waals surface area contributed by atoms with E-state index in [0.717, 1.165) is 22.6 Å². The summed E-state index contributed by atoms with van der Waals surface area (Å²) in [6.45, 7) is 0.396. The van der Waals surface area contributed by atoms with Gasteiger partial charge in [0.1, 0.15) is 0 Å². The minimum Gasteiger partial charge on any atom is -0.395 e. The van der Waals surface area contributed by atoms with Crippen molar-refractivity contribution in [1.29, 1.82) is 0 Å². The molecule has 0 amide bonds. The van der Waals surface area contributed by atoms with Gasteiger partial charge in [0.2, 0.25) is 10.0 Å². The molecule has 0 bridgehead atoms. The second-order valence-corrected chi connectivity index (χ2v) is 7.61. The second-order valence-electron chi connectivity index (χ2n) is 4.59. The third kappa shape index (κ3) is 5.33. The molecule has 1 heterocycles. The number of thiophene rings is 1. The monoisotopic (exact) mass is 299 g/mol. The van der Waals surface area contributed by atoms with Gasteiger partial charge in [-0.25, -0.2) is 13.1 Å². The van der Waals surface area contributed by atoms with Crippen molar-refractivity contribution in [3.63, 3.8) is 0 Å². The minimum absolute atomic E-state index is 0.0617. The lowest BCUT2D eigenvalue weighted by Crippen LogP contribution is -2.26. The average Bonchev–Trinajstić information content (AvgIpc) is 3.04. The van der Waals surface area contributed by atoms with Gasteiger partial charge >= 0.3 is 0 Å². The average molecular weight is 299 g/mol. The van der Waals surface area contributed by atoms with Crippen molar-refractivity contribution in [2.24, 2.45) is 5.92 Å². The van der Waals surface area contributed by atoms with Crippen molar-refractivity contribution in [2.75, 3.05) is 12.4 Å². The van der Waals surface area contributed by atoms with Crippen molar-refractivity contribution in [3.8, 4) is 11.8 Å². The van der Waals surface area contributed by atoms with Gasteiger partial charge in [-0.05, 0) is 30.9 Å². The zero-order valence-corrected chi connectivity index (χ0v) is 12.2. The predicted molar refractivity (Wildman–Crippen MR) is 76.3 cm³/mol. The Morgan fingerprint density at radius 3 is 2.89 bits per heavy atom. The molecule has 19 heavy (non-hydrogen) atoms. The van der Waals surface area contributed by atoms with Gasteiger partial charge in [-0.2, -0.15) is 0 Å². The Balaban J connectivity index is 1.84. The van der Waals surface area contributed by atoms with Crippen LogP contribution in [0.1, 0.15) is 29.0 Å². The molecule has 0 spiro atoms. The van der Waals surface area contributed by atoms with Crippen LogP contribution in [0.15, 0.2) is 12.1 Å². The van der Waals surface area contributed by atoms with E-state index in [1.54, 1.807) is 0 Å². The van der Waals surface area contributed by atoms with Crippen LogP contribution in [0.4, 0.5) is 0 Å². The van der Waals surface area contributed by atoms with E-state index in [9.17, 15) is 8.42 Å². The first-order chi connectivity index (χ1) is 9.09. The predicted octanol–water partition coefficient (Wildman–Crippen LogP) is 1.31. The Labute approximate surface area is 117 Å². The standard InChI is InChI=1S/C13H17NO3S2/c15-8-2-1-3-12-6-7-13(18-12)9-14-19(16,17)10-11-4-5-11/h6-7,11,14-15H,2,4-5,8-10H2. The third-order valence-corrected chi connectivity index (χ3v) is 5.22. The smallest absolute Gasteiger partial charge is 0.212 e. The summed E-state index contributed by atoms with van der Waals surface area (Å²) in [5.74, 6) is 6.39. The fourth-order valence-corrected chi connectivity index (χ4v) is 3.94. The molecule has 0 radical (unpaired) electrons. The first-order valence-electron chi connectivity index (χ1n) is 6.25. The SMILES string of the molecule is O=S(=O)(CC1CC1)NCc1ccc(C#CCCO)s1. The van der Waals surface area contributed by atoms with E-state index in [1.807, 2.05) is 12.1 Å². The van der Waals surface area contributed by atoms with Crippen molar-refractivity contribution in [2.45, 2.75) is 25.8 Å². The maximum Gasteiger partial charge on any atom is 0.212 e. The van der Waals surface area contributed by atoms with Gasteiger partial charge in [0, 0.05) is 17.8 Å². The van der Waals surface area contributed by atoms with E-state index < -0.39 is 10.0 Å². The summed E-state index contributed by atoms with van der Waals surface area (Å²) >= 11 is 1.48.